The maximum Gasteiger partial charge on any atom is 0.124 e. The van der Waals surface area contributed by atoms with Crippen LogP contribution in [0.1, 0.15) is 36.0 Å². The summed E-state index contributed by atoms with van der Waals surface area (Å²) in [7, 11) is 0. The highest BCUT2D eigenvalue weighted by Gasteiger charge is 2.28. The first-order valence-corrected chi connectivity index (χ1v) is 6.62. The van der Waals surface area contributed by atoms with Crippen LogP contribution in [0.3, 0.4) is 0 Å². The van der Waals surface area contributed by atoms with Crippen LogP contribution in [-0.2, 0) is 0 Å². The molecule has 2 nitrogen and oxygen atoms in total. The van der Waals surface area contributed by atoms with Gasteiger partial charge < -0.3 is 5.11 Å². The highest BCUT2D eigenvalue weighted by Crippen LogP contribution is 2.40. The van der Waals surface area contributed by atoms with Gasteiger partial charge in [-0.05, 0) is 48.6 Å². The van der Waals surface area contributed by atoms with Crippen molar-refractivity contribution in [2.24, 2.45) is 4.99 Å². The maximum atomic E-state index is 10.1. The SMILES string of the molecule is Cc1ccc(O)c2c1[C@H](C)CC2=Nc1ccccc1. The number of rotatable bonds is 1. The van der Waals surface area contributed by atoms with Gasteiger partial charge in [-0.3, -0.25) is 4.99 Å². The highest BCUT2D eigenvalue weighted by atomic mass is 16.3. The smallest absolute Gasteiger partial charge is 0.124 e. The Kier molecular flexibility index (Phi) is 2.86. The van der Waals surface area contributed by atoms with Crippen molar-refractivity contribution in [3.05, 3.63) is 59.2 Å². The second-order valence-corrected chi connectivity index (χ2v) is 5.19. The van der Waals surface area contributed by atoms with E-state index >= 15 is 0 Å². The number of phenolic OH excluding ortho intramolecular Hbond substituents is 1. The molecule has 1 aliphatic rings. The molecule has 19 heavy (non-hydrogen) atoms. The number of aliphatic imine (C=N–C) groups is 1. The minimum Gasteiger partial charge on any atom is -0.507 e. The summed E-state index contributed by atoms with van der Waals surface area (Å²) < 4.78 is 0. The molecule has 2 heteroatoms. The zero-order chi connectivity index (χ0) is 13.4. The number of hydrogen-bond donors (Lipinski definition) is 1. The number of aromatic hydroxyl groups is 1. The first-order valence-electron chi connectivity index (χ1n) is 6.62. The summed E-state index contributed by atoms with van der Waals surface area (Å²) in [5.74, 6) is 0.768. The second kappa shape index (κ2) is 4.54. The fraction of sp³-hybridized carbons (Fsp3) is 0.235. The lowest BCUT2D eigenvalue weighted by molar-refractivity contribution is 0.473. The van der Waals surface area contributed by atoms with Gasteiger partial charge in [-0.15, -0.1) is 0 Å². The lowest BCUT2D eigenvalue weighted by atomic mass is 9.98. The Morgan fingerprint density at radius 1 is 1.11 bits per heavy atom. The van der Waals surface area contributed by atoms with Crippen molar-refractivity contribution in [3.8, 4) is 5.75 Å². The lowest BCUT2D eigenvalue weighted by Crippen LogP contribution is -1.95. The second-order valence-electron chi connectivity index (χ2n) is 5.19. The fourth-order valence-electron chi connectivity index (χ4n) is 2.90. The molecule has 1 N–H and O–H groups in total. The molecule has 0 fully saturated rings. The standard InChI is InChI=1S/C17H17NO/c1-11-8-9-15(19)17-14(10-12(2)16(11)17)18-13-6-4-3-5-7-13/h3-9,12,19H,10H2,1-2H3/t12-/m1/s1. The van der Waals surface area contributed by atoms with Crippen molar-refractivity contribution in [3.63, 3.8) is 0 Å². The van der Waals surface area contributed by atoms with E-state index in [-0.39, 0.29) is 0 Å². The Morgan fingerprint density at radius 2 is 1.84 bits per heavy atom. The molecule has 0 bridgehead atoms. The van der Waals surface area contributed by atoms with Crippen molar-refractivity contribution in [2.45, 2.75) is 26.2 Å². The summed E-state index contributed by atoms with van der Waals surface area (Å²) in [6.45, 7) is 4.29. The molecule has 0 radical (unpaired) electrons. The minimum absolute atomic E-state index is 0.347. The van der Waals surface area contributed by atoms with Crippen molar-refractivity contribution in [2.75, 3.05) is 0 Å². The van der Waals surface area contributed by atoms with E-state index in [2.05, 4.69) is 13.8 Å². The molecule has 0 heterocycles. The van der Waals surface area contributed by atoms with Gasteiger partial charge in [-0.25, -0.2) is 0 Å². The van der Waals surface area contributed by atoms with Crippen LogP contribution in [0.2, 0.25) is 0 Å². The molecule has 1 aliphatic carbocycles. The van der Waals surface area contributed by atoms with Gasteiger partial charge in [0.1, 0.15) is 5.75 Å². The molecule has 0 unspecified atom stereocenters. The third-order valence-corrected chi connectivity index (χ3v) is 3.74. The molecular formula is C17H17NO. The average molecular weight is 251 g/mol. The van der Waals surface area contributed by atoms with Crippen LogP contribution in [0.5, 0.6) is 5.75 Å². The predicted octanol–water partition coefficient (Wildman–Crippen LogP) is 4.33. The van der Waals surface area contributed by atoms with E-state index in [0.29, 0.717) is 11.7 Å². The fourth-order valence-corrected chi connectivity index (χ4v) is 2.90. The Hall–Kier alpha value is -2.09. The quantitative estimate of drug-likeness (QED) is 0.804. The number of hydrogen-bond acceptors (Lipinski definition) is 2. The van der Waals surface area contributed by atoms with E-state index in [1.54, 1.807) is 6.07 Å². The van der Waals surface area contributed by atoms with Crippen LogP contribution in [0.4, 0.5) is 5.69 Å². The Balaban J connectivity index is 2.15. The largest absolute Gasteiger partial charge is 0.507 e. The van der Waals surface area contributed by atoms with Crippen LogP contribution in [-0.4, -0.2) is 10.8 Å². The van der Waals surface area contributed by atoms with Crippen molar-refractivity contribution in [1.29, 1.82) is 0 Å². The van der Waals surface area contributed by atoms with Crippen LogP contribution >= 0.6 is 0 Å². The molecule has 0 amide bonds. The molecule has 0 aromatic heterocycles. The number of para-hydroxylation sites is 1. The maximum absolute atomic E-state index is 10.1. The Morgan fingerprint density at radius 3 is 2.58 bits per heavy atom. The molecule has 0 saturated carbocycles. The van der Waals surface area contributed by atoms with Crippen LogP contribution < -0.4 is 0 Å². The average Bonchev–Trinajstić information content (AvgIpc) is 2.73. The van der Waals surface area contributed by atoms with E-state index in [1.165, 1.54) is 11.1 Å². The molecule has 2 aromatic carbocycles. The molecule has 0 saturated heterocycles. The summed E-state index contributed by atoms with van der Waals surface area (Å²) in [6, 6.07) is 13.7. The van der Waals surface area contributed by atoms with Crippen molar-refractivity contribution >= 4 is 11.4 Å². The summed E-state index contributed by atoms with van der Waals surface area (Å²) in [6.07, 6.45) is 0.892. The molecule has 96 valence electrons. The number of aryl methyl sites for hydroxylation is 1. The van der Waals surface area contributed by atoms with Gasteiger partial charge in [-0.2, -0.15) is 0 Å². The first kappa shape index (κ1) is 12.0. The van der Waals surface area contributed by atoms with Crippen molar-refractivity contribution in [1.82, 2.24) is 0 Å². The molecule has 0 spiro atoms. The number of phenols is 1. The summed E-state index contributed by atoms with van der Waals surface area (Å²) >= 11 is 0. The zero-order valence-electron chi connectivity index (χ0n) is 11.2. The normalized spacial score (nSPS) is 19.7. The monoisotopic (exact) mass is 251 g/mol. The molecule has 3 rings (SSSR count). The van der Waals surface area contributed by atoms with Gasteiger partial charge in [0.25, 0.3) is 0 Å². The third-order valence-electron chi connectivity index (χ3n) is 3.74. The predicted molar refractivity (Wildman–Crippen MR) is 78.5 cm³/mol. The topological polar surface area (TPSA) is 32.6 Å². The number of fused-ring (bicyclic) bond motifs is 1. The number of benzene rings is 2. The molecule has 1 atom stereocenters. The van der Waals surface area contributed by atoms with Gasteiger partial charge in [-0.1, -0.05) is 31.2 Å². The summed E-state index contributed by atoms with van der Waals surface area (Å²) in [5, 5.41) is 10.1. The highest BCUT2D eigenvalue weighted by molar-refractivity contribution is 6.08. The molecule has 0 aliphatic heterocycles. The van der Waals surface area contributed by atoms with E-state index in [0.717, 1.165) is 23.4 Å². The van der Waals surface area contributed by atoms with Crippen molar-refractivity contribution < 1.29 is 5.11 Å². The van der Waals surface area contributed by atoms with Crippen LogP contribution in [0, 0.1) is 6.92 Å². The van der Waals surface area contributed by atoms with Crippen LogP contribution in [0.25, 0.3) is 0 Å². The van der Waals surface area contributed by atoms with E-state index in [1.807, 2.05) is 36.4 Å². The first-order chi connectivity index (χ1) is 9.16. The van der Waals surface area contributed by atoms with E-state index in [4.69, 9.17) is 4.99 Å². The van der Waals surface area contributed by atoms with E-state index in [9.17, 15) is 5.11 Å². The Bertz CT molecular complexity index is 644. The van der Waals surface area contributed by atoms with Gasteiger partial charge in [0, 0.05) is 5.56 Å². The lowest BCUT2D eigenvalue weighted by Gasteiger charge is -2.08. The summed E-state index contributed by atoms with van der Waals surface area (Å²) in [4.78, 5) is 4.71. The minimum atomic E-state index is 0.347. The van der Waals surface area contributed by atoms with Crippen LogP contribution in [0.15, 0.2) is 47.5 Å². The van der Waals surface area contributed by atoms with Gasteiger partial charge in [0.2, 0.25) is 0 Å². The third kappa shape index (κ3) is 2.03. The summed E-state index contributed by atoms with van der Waals surface area (Å²) in [5.41, 5.74) is 5.36. The van der Waals surface area contributed by atoms with Gasteiger partial charge in [0.15, 0.2) is 0 Å². The van der Waals surface area contributed by atoms with E-state index < -0.39 is 0 Å². The number of nitrogens with zero attached hydrogens (tertiary/aromatic N) is 1. The van der Waals surface area contributed by atoms with Gasteiger partial charge >= 0.3 is 0 Å². The van der Waals surface area contributed by atoms with Gasteiger partial charge in [0.05, 0.1) is 11.4 Å². The molecule has 2 aromatic rings. The zero-order valence-corrected chi connectivity index (χ0v) is 11.2. The molecular weight excluding hydrogens is 234 g/mol. The Labute approximate surface area is 113 Å².